The summed E-state index contributed by atoms with van der Waals surface area (Å²) in [7, 11) is 0. The lowest BCUT2D eigenvalue weighted by molar-refractivity contribution is -0.946. The van der Waals surface area contributed by atoms with Gasteiger partial charge in [0.2, 0.25) is 0 Å². The Morgan fingerprint density at radius 1 is 1.40 bits per heavy atom. The normalized spacial score (nSPS) is 16.1. The number of piperazine rings is 1. The van der Waals surface area contributed by atoms with E-state index in [0.717, 1.165) is 18.7 Å². The Kier molecular flexibility index (Phi) is 5.31. The molecular weight excluding hydrogens is 258 g/mol. The van der Waals surface area contributed by atoms with Crippen LogP contribution in [0.25, 0.3) is 0 Å². The van der Waals surface area contributed by atoms with Crippen LogP contribution in [0.5, 0.6) is 5.75 Å². The number of nitro benzene ring substituents is 1. The highest BCUT2D eigenvalue weighted by Gasteiger charge is 2.15. The van der Waals surface area contributed by atoms with Gasteiger partial charge in [0.15, 0.2) is 0 Å². The third kappa shape index (κ3) is 4.18. The zero-order valence-corrected chi connectivity index (χ0v) is 11.9. The lowest BCUT2D eigenvalue weighted by Gasteiger charge is -2.22. The molecule has 1 heterocycles. The minimum absolute atomic E-state index is 0.145. The van der Waals surface area contributed by atoms with E-state index in [-0.39, 0.29) is 10.6 Å². The van der Waals surface area contributed by atoms with E-state index in [0.29, 0.717) is 12.2 Å². The van der Waals surface area contributed by atoms with Gasteiger partial charge in [-0.25, -0.2) is 0 Å². The van der Waals surface area contributed by atoms with Crippen molar-refractivity contribution in [1.82, 2.24) is 0 Å². The summed E-state index contributed by atoms with van der Waals surface area (Å²) in [5.74, 6) is 0.718. The van der Waals surface area contributed by atoms with Gasteiger partial charge < -0.3 is 15.0 Å². The first-order chi connectivity index (χ1) is 9.66. The summed E-state index contributed by atoms with van der Waals surface area (Å²) < 4.78 is 5.67. The average molecular weight is 281 g/mol. The van der Waals surface area contributed by atoms with E-state index in [2.05, 4.69) is 5.32 Å². The van der Waals surface area contributed by atoms with Crippen LogP contribution in [-0.2, 0) is 0 Å². The van der Waals surface area contributed by atoms with Crippen molar-refractivity contribution in [1.29, 1.82) is 0 Å². The number of nitrogens with two attached hydrogens (primary N) is 1. The fourth-order valence-electron chi connectivity index (χ4n) is 2.57. The molecule has 0 aromatic heterocycles. The first-order valence-corrected chi connectivity index (χ1v) is 7.20. The van der Waals surface area contributed by atoms with Crippen LogP contribution in [0, 0.1) is 17.0 Å². The van der Waals surface area contributed by atoms with E-state index in [1.54, 1.807) is 24.0 Å². The molecule has 0 aliphatic carbocycles. The van der Waals surface area contributed by atoms with Crippen LogP contribution in [0.1, 0.15) is 12.0 Å². The Morgan fingerprint density at radius 2 is 2.15 bits per heavy atom. The second kappa shape index (κ2) is 7.21. The Balaban J connectivity index is 1.73. The number of nitrogens with one attached hydrogen (secondary N) is 1. The number of hydrogen-bond donors (Lipinski definition) is 2. The lowest BCUT2D eigenvalue weighted by Crippen LogP contribution is -3.20. The molecule has 0 bridgehead atoms. The van der Waals surface area contributed by atoms with Crippen molar-refractivity contribution in [3.63, 3.8) is 0 Å². The predicted molar refractivity (Wildman–Crippen MR) is 75.2 cm³/mol. The first-order valence-electron chi connectivity index (χ1n) is 7.20. The quantitative estimate of drug-likeness (QED) is 0.405. The van der Waals surface area contributed by atoms with E-state index in [1.807, 2.05) is 0 Å². The van der Waals surface area contributed by atoms with Crippen molar-refractivity contribution in [2.75, 3.05) is 39.3 Å². The molecule has 0 radical (unpaired) electrons. The van der Waals surface area contributed by atoms with Crippen LogP contribution in [0.2, 0.25) is 0 Å². The number of quaternary nitrogens is 2. The van der Waals surface area contributed by atoms with Gasteiger partial charge in [0.25, 0.3) is 5.69 Å². The third-order valence-electron chi connectivity index (χ3n) is 3.71. The number of nitrogens with zero attached hydrogens (tertiary/aromatic N) is 1. The van der Waals surface area contributed by atoms with Crippen LogP contribution < -0.4 is 15.0 Å². The number of ether oxygens (including phenoxy) is 1. The van der Waals surface area contributed by atoms with Gasteiger partial charge in [0.05, 0.1) is 18.1 Å². The molecule has 1 aromatic rings. The van der Waals surface area contributed by atoms with Gasteiger partial charge in [-0.1, -0.05) is 0 Å². The van der Waals surface area contributed by atoms with Gasteiger partial charge in [-0.15, -0.1) is 0 Å². The van der Waals surface area contributed by atoms with Gasteiger partial charge in [-0.3, -0.25) is 10.1 Å². The van der Waals surface area contributed by atoms with E-state index in [4.69, 9.17) is 4.74 Å². The number of rotatable bonds is 6. The maximum atomic E-state index is 10.7. The van der Waals surface area contributed by atoms with Crippen LogP contribution in [0.3, 0.4) is 0 Å². The fraction of sp³-hybridized carbons (Fsp3) is 0.571. The van der Waals surface area contributed by atoms with Crippen molar-refractivity contribution in [2.45, 2.75) is 13.3 Å². The molecule has 1 aliphatic rings. The van der Waals surface area contributed by atoms with E-state index in [1.165, 1.54) is 32.2 Å². The molecule has 110 valence electrons. The van der Waals surface area contributed by atoms with Crippen LogP contribution in [-0.4, -0.2) is 44.3 Å². The number of nitro groups is 1. The van der Waals surface area contributed by atoms with Crippen molar-refractivity contribution in [3.8, 4) is 5.75 Å². The van der Waals surface area contributed by atoms with Gasteiger partial charge >= 0.3 is 0 Å². The number of benzene rings is 1. The molecule has 0 atom stereocenters. The summed E-state index contributed by atoms with van der Waals surface area (Å²) in [5.41, 5.74) is 0.788. The highest BCUT2D eigenvalue weighted by atomic mass is 16.6. The molecule has 1 aromatic carbocycles. The summed E-state index contributed by atoms with van der Waals surface area (Å²) in [6, 6.07) is 4.92. The fourth-order valence-corrected chi connectivity index (χ4v) is 2.57. The molecule has 0 spiro atoms. The van der Waals surface area contributed by atoms with Crippen LogP contribution >= 0.6 is 0 Å². The Bertz CT molecular complexity index is 459. The smallest absolute Gasteiger partial charge is 0.272 e. The molecule has 0 saturated carbocycles. The highest BCUT2D eigenvalue weighted by Crippen LogP contribution is 2.22. The zero-order valence-electron chi connectivity index (χ0n) is 11.9. The SMILES string of the molecule is Cc1cc(OCCC[NH+]2CC[NH2+]CC2)ccc1[N+](=O)[O-]. The third-order valence-corrected chi connectivity index (χ3v) is 3.71. The Hall–Kier alpha value is -1.66. The average Bonchev–Trinajstić information content (AvgIpc) is 2.44. The molecule has 0 amide bonds. The summed E-state index contributed by atoms with van der Waals surface area (Å²) in [6.07, 6.45) is 1.02. The van der Waals surface area contributed by atoms with E-state index < -0.39 is 0 Å². The summed E-state index contributed by atoms with van der Waals surface area (Å²) >= 11 is 0. The minimum atomic E-state index is -0.365. The molecule has 1 fully saturated rings. The minimum Gasteiger partial charge on any atom is -0.493 e. The van der Waals surface area contributed by atoms with Gasteiger partial charge in [0.1, 0.15) is 31.9 Å². The summed E-state index contributed by atoms with van der Waals surface area (Å²) in [4.78, 5) is 12.0. The molecule has 0 unspecified atom stereocenters. The molecule has 3 N–H and O–H groups in total. The van der Waals surface area contributed by atoms with Crippen molar-refractivity contribution >= 4 is 5.69 Å². The maximum absolute atomic E-state index is 10.7. The summed E-state index contributed by atoms with van der Waals surface area (Å²) in [6.45, 7) is 8.45. The Morgan fingerprint density at radius 3 is 2.80 bits per heavy atom. The standard InChI is InChI=1S/C14H21N3O3/c1-12-11-13(3-4-14(12)17(18)19)20-10-2-7-16-8-5-15-6-9-16/h3-4,11,15H,2,5-10H2,1H3/p+2. The monoisotopic (exact) mass is 281 g/mol. The Labute approximate surface area is 118 Å². The van der Waals surface area contributed by atoms with Gasteiger partial charge in [-0.2, -0.15) is 0 Å². The number of hydrogen-bond acceptors (Lipinski definition) is 3. The topological polar surface area (TPSA) is 73.4 Å². The van der Waals surface area contributed by atoms with Crippen molar-refractivity contribution in [2.24, 2.45) is 0 Å². The van der Waals surface area contributed by atoms with Crippen molar-refractivity contribution in [3.05, 3.63) is 33.9 Å². The van der Waals surface area contributed by atoms with Gasteiger partial charge in [-0.05, 0) is 19.1 Å². The molecule has 6 heteroatoms. The van der Waals surface area contributed by atoms with Gasteiger partial charge in [0, 0.05) is 18.1 Å². The molecule has 1 aliphatic heterocycles. The molecule has 2 rings (SSSR count). The number of aryl methyl sites for hydroxylation is 1. The lowest BCUT2D eigenvalue weighted by atomic mass is 10.2. The van der Waals surface area contributed by atoms with Crippen LogP contribution in [0.4, 0.5) is 5.69 Å². The van der Waals surface area contributed by atoms with E-state index in [9.17, 15) is 10.1 Å². The van der Waals surface area contributed by atoms with Crippen molar-refractivity contribution < 1.29 is 19.9 Å². The predicted octanol–water partition coefficient (Wildman–Crippen LogP) is -0.866. The molecule has 6 nitrogen and oxygen atoms in total. The summed E-state index contributed by atoms with van der Waals surface area (Å²) in [5, 5.41) is 13.1. The second-order valence-corrected chi connectivity index (χ2v) is 5.27. The first kappa shape index (κ1) is 14.7. The van der Waals surface area contributed by atoms with E-state index >= 15 is 0 Å². The molecule has 1 saturated heterocycles. The highest BCUT2D eigenvalue weighted by molar-refractivity contribution is 5.44. The van der Waals surface area contributed by atoms with Crippen LogP contribution in [0.15, 0.2) is 18.2 Å². The zero-order chi connectivity index (χ0) is 14.4. The largest absolute Gasteiger partial charge is 0.493 e. The second-order valence-electron chi connectivity index (χ2n) is 5.27. The molecule has 20 heavy (non-hydrogen) atoms. The molecular formula is C14H23N3O3+2. The maximum Gasteiger partial charge on any atom is 0.272 e.